The van der Waals surface area contributed by atoms with Gasteiger partial charge in [-0.3, -0.25) is 4.79 Å². The van der Waals surface area contributed by atoms with Gasteiger partial charge >= 0.3 is 0 Å². The van der Waals surface area contributed by atoms with E-state index in [-0.39, 0.29) is 24.9 Å². The van der Waals surface area contributed by atoms with Crippen LogP contribution in [0, 0.1) is 6.92 Å². The molecule has 0 heterocycles. The molecule has 0 aliphatic heterocycles. The molecule has 1 aliphatic rings. The Bertz CT molecular complexity index is 698. The summed E-state index contributed by atoms with van der Waals surface area (Å²) in [7, 11) is -3.33. The smallest absolute Gasteiger partial charge is 0.225 e. The Kier molecular flexibility index (Phi) is 7.28. The molecule has 5 nitrogen and oxygen atoms in total. The number of benzene rings is 1. The molecule has 0 atom stereocenters. The zero-order chi connectivity index (χ0) is 18.4. The largest absolute Gasteiger partial charge is 0.326 e. The van der Waals surface area contributed by atoms with Crippen molar-refractivity contribution in [2.75, 3.05) is 18.1 Å². The molecule has 0 spiro atoms. The number of nitrogens with one attached hydrogen (secondary N) is 1. The highest BCUT2D eigenvalue weighted by atomic mass is 35.5. The van der Waals surface area contributed by atoms with Crippen molar-refractivity contribution in [1.29, 1.82) is 0 Å². The van der Waals surface area contributed by atoms with Crippen molar-refractivity contribution in [2.45, 2.75) is 57.9 Å². The van der Waals surface area contributed by atoms with Gasteiger partial charge in [0.1, 0.15) is 0 Å². The van der Waals surface area contributed by atoms with Crippen LogP contribution in [0.3, 0.4) is 0 Å². The number of halogens is 1. The Balaban J connectivity index is 1.98. The van der Waals surface area contributed by atoms with E-state index in [9.17, 15) is 13.2 Å². The van der Waals surface area contributed by atoms with Crippen molar-refractivity contribution in [1.82, 2.24) is 4.31 Å². The number of anilines is 1. The van der Waals surface area contributed by atoms with Gasteiger partial charge in [0.05, 0.1) is 6.26 Å². The molecular formula is C18H27ClN2O3S. The summed E-state index contributed by atoms with van der Waals surface area (Å²) in [6.07, 6.45) is 7.55. The van der Waals surface area contributed by atoms with Crippen LogP contribution in [-0.2, 0) is 14.8 Å². The highest BCUT2D eigenvalue weighted by molar-refractivity contribution is 7.88. The summed E-state index contributed by atoms with van der Waals surface area (Å²) >= 11 is 5.92. The van der Waals surface area contributed by atoms with E-state index in [1.165, 1.54) is 10.6 Å². The van der Waals surface area contributed by atoms with Crippen LogP contribution in [0.1, 0.15) is 50.5 Å². The van der Waals surface area contributed by atoms with Crippen LogP contribution in [-0.4, -0.2) is 37.5 Å². The summed E-state index contributed by atoms with van der Waals surface area (Å²) in [5, 5.41) is 3.46. The first kappa shape index (κ1) is 20.2. The molecule has 1 aliphatic carbocycles. The Morgan fingerprint density at radius 3 is 2.44 bits per heavy atom. The number of amides is 1. The molecule has 2 rings (SSSR count). The standard InChI is InChI=1S/C18H27ClN2O3S/c1-14-13-15(19)9-10-17(14)20-18(22)11-12-21(25(2,23)24)16-7-5-3-4-6-8-16/h9-10,13,16H,3-8,11-12H2,1-2H3,(H,20,22). The van der Waals surface area contributed by atoms with Crippen molar-refractivity contribution in [3.05, 3.63) is 28.8 Å². The van der Waals surface area contributed by atoms with Gasteiger partial charge in [-0.1, -0.05) is 37.3 Å². The van der Waals surface area contributed by atoms with Crippen LogP contribution in [0.2, 0.25) is 5.02 Å². The fourth-order valence-electron chi connectivity index (χ4n) is 3.36. The number of hydrogen-bond acceptors (Lipinski definition) is 3. The van der Waals surface area contributed by atoms with E-state index < -0.39 is 10.0 Å². The topological polar surface area (TPSA) is 66.5 Å². The third-order valence-corrected chi connectivity index (χ3v) is 6.25. The minimum atomic E-state index is -3.33. The molecule has 0 bridgehead atoms. The van der Waals surface area contributed by atoms with Crippen LogP contribution >= 0.6 is 11.6 Å². The van der Waals surface area contributed by atoms with Crippen molar-refractivity contribution in [3.63, 3.8) is 0 Å². The number of sulfonamides is 1. The third-order valence-electron chi connectivity index (χ3n) is 4.68. The first-order valence-electron chi connectivity index (χ1n) is 8.80. The Morgan fingerprint density at radius 2 is 1.88 bits per heavy atom. The maximum atomic E-state index is 12.3. The van der Waals surface area contributed by atoms with Crippen molar-refractivity contribution < 1.29 is 13.2 Å². The van der Waals surface area contributed by atoms with Crippen molar-refractivity contribution in [2.24, 2.45) is 0 Å². The van der Waals surface area contributed by atoms with Gasteiger partial charge in [0.2, 0.25) is 15.9 Å². The van der Waals surface area contributed by atoms with Crippen LogP contribution in [0.25, 0.3) is 0 Å². The molecule has 1 amide bonds. The second-order valence-corrected chi connectivity index (χ2v) is 9.15. The molecule has 140 valence electrons. The minimum Gasteiger partial charge on any atom is -0.326 e. The quantitative estimate of drug-likeness (QED) is 0.752. The van der Waals surface area contributed by atoms with Crippen LogP contribution in [0.4, 0.5) is 5.69 Å². The van der Waals surface area contributed by atoms with Crippen molar-refractivity contribution >= 4 is 33.2 Å². The zero-order valence-corrected chi connectivity index (χ0v) is 16.5. The van der Waals surface area contributed by atoms with E-state index in [0.717, 1.165) is 44.1 Å². The SMILES string of the molecule is Cc1cc(Cl)ccc1NC(=O)CCN(C1CCCCCC1)S(C)(=O)=O. The molecule has 1 N–H and O–H groups in total. The summed E-state index contributed by atoms with van der Waals surface area (Å²) < 4.78 is 25.9. The monoisotopic (exact) mass is 386 g/mol. The second kappa shape index (κ2) is 9.01. The molecule has 0 radical (unpaired) electrons. The molecule has 0 saturated heterocycles. The predicted molar refractivity (Wildman–Crippen MR) is 102 cm³/mol. The highest BCUT2D eigenvalue weighted by Gasteiger charge is 2.27. The first-order valence-corrected chi connectivity index (χ1v) is 11.0. The third kappa shape index (κ3) is 6.28. The summed E-state index contributed by atoms with van der Waals surface area (Å²) in [5.41, 5.74) is 1.58. The van der Waals surface area contributed by atoms with Crippen LogP contribution in [0.15, 0.2) is 18.2 Å². The van der Waals surface area contributed by atoms with E-state index in [2.05, 4.69) is 5.32 Å². The lowest BCUT2D eigenvalue weighted by Gasteiger charge is -2.28. The van der Waals surface area contributed by atoms with Gasteiger partial charge < -0.3 is 5.32 Å². The number of rotatable bonds is 6. The number of hydrogen-bond donors (Lipinski definition) is 1. The van der Waals surface area contributed by atoms with E-state index >= 15 is 0 Å². The number of carbonyl (C=O) groups is 1. The van der Waals surface area contributed by atoms with Gasteiger partial charge in [-0.2, -0.15) is 4.31 Å². The summed E-state index contributed by atoms with van der Waals surface area (Å²) in [4.78, 5) is 12.3. The molecule has 0 unspecified atom stereocenters. The van der Waals surface area contributed by atoms with Gasteiger partial charge in [0, 0.05) is 29.7 Å². The predicted octanol–water partition coefficient (Wildman–Crippen LogP) is 3.96. The van der Waals surface area contributed by atoms with Gasteiger partial charge in [0.15, 0.2) is 0 Å². The first-order chi connectivity index (χ1) is 11.8. The van der Waals surface area contributed by atoms with Crippen LogP contribution < -0.4 is 5.32 Å². The maximum Gasteiger partial charge on any atom is 0.225 e. The van der Waals surface area contributed by atoms with Gasteiger partial charge in [-0.05, 0) is 43.5 Å². The molecule has 1 saturated carbocycles. The molecular weight excluding hydrogens is 360 g/mol. The highest BCUT2D eigenvalue weighted by Crippen LogP contribution is 2.24. The lowest BCUT2D eigenvalue weighted by Crippen LogP contribution is -2.41. The Labute approximate surface area is 155 Å². The molecule has 1 fully saturated rings. The fraction of sp³-hybridized carbons (Fsp3) is 0.611. The zero-order valence-electron chi connectivity index (χ0n) is 14.9. The lowest BCUT2D eigenvalue weighted by atomic mass is 10.1. The molecule has 1 aromatic rings. The summed E-state index contributed by atoms with van der Waals surface area (Å²) in [6.45, 7) is 2.10. The van der Waals surface area contributed by atoms with Gasteiger partial charge in [-0.25, -0.2) is 8.42 Å². The minimum absolute atomic E-state index is 0.0163. The van der Waals surface area contributed by atoms with E-state index in [0.29, 0.717) is 10.7 Å². The molecule has 1 aromatic carbocycles. The Morgan fingerprint density at radius 1 is 1.24 bits per heavy atom. The van der Waals surface area contributed by atoms with E-state index in [1.807, 2.05) is 6.92 Å². The van der Waals surface area contributed by atoms with Gasteiger partial charge in [0.25, 0.3) is 0 Å². The number of nitrogens with zero attached hydrogens (tertiary/aromatic N) is 1. The average Bonchev–Trinajstić information content (AvgIpc) is 2.78. The van der Waals surface area contributed by atoms with Crippen molar-refractivity contribution in [3.8, 4) is 0 Å². The van der Waals surface area contributed by atoms with E-state index in [1.54, 1.807) is 18.2 Å². The van der Waals surface area contributed by atoms with Crippen LogP contribution in [0.5, 0.6) is 0 Å². The number of aryl methyl sites for hydroxylation is 1. The fourth-order valence-corrected chi connectivity index (χ4v) is 4.76. The molecule has 0 aromatic heterocycles. The lowest BCUT2D eigenvalue weighted by molar-refractivity contribution is -0.116. The molecule has 7 heteroatoms. The normalized spacial score (nSPS) is 16.6. The van der Waals surface area contributed by atoms with E-state index in [4.69, 9.17) is 11.6 Å². The van der Waals surface area contributed by atoms with Gasteiger partial charge in [-0.15, -0.1) is 0 Å². The second-order valence-electron chi connectivity index (χ2n) is 6.78. The molecule has 25 heavy (non-hydrogen) atoms. The number of carbonyl (C=O) groups excluding carboxylic acids is 1. The Hall–Kier alpha value is -1.11. The maximum absolute atomic E-state index is 12.3. The average molecular weight is 387 g/mol. The summed E-state index contributed by atoms with van der Waals surface area (Å²) in [6, 6.07) is 5.28. The summed E-state index contributed by atoms with van der Waals surface area (Å²) in [5.74, 6) is -0.187.